The summed E-state index contributed by atoms with van der Waals surface area (Å²) in [7, 11) is -3.41. The molecule has 1 amide bonds. The first kappa shape index (κ1) is 17.5. The third kappa shape index (κ3) is 5.04. The number of nitrogens with zero attached hydrogens (tertiary/aromatic N) is 2. The van der Waals surface area contributed by atoms with Gasteiger partial charge in [-0.2, -0.15) is 0 Å². The maximum atomic E-state index is 12.0. The Bertz CT molecular complexity index is 580. The zero-order valence-corrected chi connectivity index (χ0v) is 14.0. The van der Waals surface area contributed by atoms with Crippen molar-refractivity contribution in [2.24, 2.45) is 0 Å². The van der Waals surface area contributed by atoms with Crippen molar-refractivity contribution in [2.45, 2.75) is 27.2 Å². The number of benzene rings is 1. The van der Waals surface area contributed by atoms with Crippen LogP contribution < -0.4 is 4.31 Å². The molecule has 0 aliphatic rings. The van der Waals surface area contributed by atoms with Crippen molar-refractivity contribution in [3.63, 3.8) is 0 Å². The largest absolute Gasteiger partial charge is 0.343 e. The van der Waals surface area contributed by atoms with Crippen molar-refractivity contribution >= 4 is 21.6 Å². The number of carbonyl (C=O) groups is 1. The van der Waals surface area contributed by atoms with Gasteiger partial charge in [-0.15, -0.1) is 0 Å². The molecule has 0 aliphatic heterocycles. The SMILES string of the molecule is CCN(CC)C(=O)CCN(c1cccc(C)c1)S(C)(=O)=O. The highest BCUT2D eigenvalue weighted by Crippen LogP contribution is 2.19. The van der Waals surface area contributed by atoms with E-state index >= 15 is 0 Å². The van der Waals surface area contributed by atoms with Crippen LogP contribution in [-0.4, -0.2) is 45.1 Å². The molecule has 0 heterocycles. The second kappa shape index (κ2) is 7.45. The number of hydrogen-bond acceptors (Lipinski definition) is 3. The number of anilines is 1. The molecule has 0 radical (unpaired) electrons. The molecule has 0 aliphatic carbocycles. The van der Waals surface area contributed by atoms with Crippen LogP contribution in [0.3, 0.4) is 0 Å². The smallest absolute Gasteiger partial charge is 0.232 e. The molecule has 1 rings (SSSR count). The zero-order valence-electron chi connectivity index (χ0n) is 13.2. The summed E-state index contributed by atoms with van der Waals surface area (Å²) in [6.07, 6.45) is 1.35. The molecular weight excluding hydrogens is 288 g/mol. The zero-order chi connectivity index (χ0) is 16.0. The van der Waals surface area contributed by atoms with E-state index in [0.29, 0.717) is 18.8 Å². The van der Waals surface area contributed by atoms with Gasteiger partial charge in [0.1, 0.15) is 0 Å². The minimum absolute atomic E-state index is 0.0266. The van der Waals surface area contributed by atoms with Gasteiger partial charge in [0.25, 0.3) is 0 Å². The lowest BCUT2D eigenvalue weighted by molar-refractivity contribution is -0.130. The first-order valence-corrected chi connectivity index (χ1v) is 8.96. The standard InChI is InChI=1S/C15H24N2O3S/c1-5-16(6-2)15(18)10-11-17(21(4,19)20)14-9-7-8-13(3)12-14/h7-9,12H,5-6,10-11H2,1-4H3. The van der Waals surface area contributed by atoms with E-state index < -0.39 is 10.0 Å². The van der Waals surface area contributed by atoms with Crippen LogP contribution in [0, 0.1) is 6.92 Å². The summed E-state index contributed by atoms with van der Waals surface area (Å²) in [4.78, 5) is 13.7. The van der Waals surface area contributed by atoms with Crippen molar-refractivity contribution in [1.82, 2.24) is 4.90 Å². The fraction of sp³-hybridized carbons (Fsp3) is 0.533. The fourth-order valence-corrected chi connectivity index (χ4v) is 3.12. The topological polar surface area (TPSA) is 57.7 Å². The normalized spacial score (nSPS) is 11.2. The number of sulfonamides is 1. The number of carbonyl (C=O) groups excluding carboxylic acids is 1. The summed E-state index contributed by atoms with van der Waals surface area (Å²) in [6, 6.07) is 7.28. The van der Waals surface area contributed by atoms with E-state index in [0.717, 1.165) is 11.8 Å². The highest BCUT2D eigenvalue weighted by atomic mass is 32.2. The summed E-state index contributed by atoms with van der Waals surface area (Å²) >= 11 is 0. The highest BCUT2D eigenvalue weighted by molar-refractivity contribution is 7.92. The van der Waals surface area contributed by atoms with Gasteiger partial charge in [0, 0.05) is 26.1 Å². The maximum absolute atomic E-state index is 12.0. The fourth-order valence-electron chi connectivity index (χ4n) is 2.20. The lowest BCUT2D eigenvalue weighted by Gasteiger charge is -2.24. The monoisotopic (exact) mass is 312 g/mol. The predicted molar refractivity (Wildman–Crippen MR) is 85.9 cm³/mol. The summed E-state index contributed by atoms with van der Waals surface area (Å²) in [5.74, 6) is -0.0266. The van der Waals surface area contributed by atoms with Gasteiger partial charge in [0.2, 0.25) is 15.9 Å². The number of hydrogen-bond donors (Lipinski definition) is 0. The van der Waals surface area contributed by atoms with E-state index in [-0.39, 0.29) is 18.9 Å². The molecule has 0 fully saturated rings. The van der Waals surface area contributed by atoms with Crippen LogP contribution in [0.1, 0.15) is 25.8 Å². The Morgan fingerprint density at radius 3 is 2.29 bits per heavy atom. The second-order valence-electron chi connectivity index (χ2n) is 4.99. The van der Waals surface area contributed by atoms with Crippen LogP contribution in [0.25, 0.3) is 0 Å². The molecule has 1 aromatic carbocycles. The van der Waals surface area contributed by atoms with Gasteiger partial charge in [0.15, 0.2) is 0 Å². The molecule has 118 valence electrons. The summed E-state index contributed by atoms with van der Waals surface area (Å²) < 4.78 is 25.2. The van der Waals surface area contributed by atoms with E-state index in [1.54, 1.807) is 11.0 Å². The first-order valence-electron chi connectivity index (χ1n) is 7.11. The molecule has 0 saturated heterocycles. The molecule has 21 heavy (non-hydrogen) atoms. The minimum Gasteiger partial charge on any atom is -0.343 e. The van der Waals surface area contributed by atoms with Gasteiger partial charge in [-0.05, 0) is 38.5 Å². The number of rotatable bonds is 7. The second-order valence-corrected chi connectivity index (χ2v) is 6.90. The first-order chi connectivity index (χ1) is 9.79. The molecule has 0 saturated carbocycles. The van der Waals surface area contributed by atoms with Crippen LogP contribution in [0.4, 0.5) is 5.69 Å². The van der Waals surface area contributed by atoms with Crippen LogP contribution in [0.15, 0.2) is 24.3 Å². The third-order valence-electron chi connectivity index (χ3n) is 3.33. The quantitative estimate of drug-likeness (QED) is 0.774. The van der Waals surface area contributed by atoms with Crippen molar-refractivity contribution in [3.05, 3.63) is 29.8 Å². The van der Waals surface area contributed by atoms with E-state index in [1.807, 2.05) is 39.0 Å². The Balaban J connectivity index is 2.89. The Labute approximate surface area is 127 Å². The lowest BCUT2D eigenvalue weighted by atomic mass is 10.2. The Hall–Kier alpha value is -1.56. The Kier molecular flexibility index (Phi) is 6.20. The lowest BCUT2D eigenvalue weighted by Crippen LogP contribution is -2.36. The van der Waals surface area contributed by atoms with Crippen LogP contribution in [-0.2, 0) is 14.8 Å². The molecule has 5 nitrogen and oxygen atoms in total. The van der Waals surface area contributed by atoms with Crippen LogP contribution >= 0.6 is 0 Å². The van der Waals surface area contributed by atoms with E-state index in [9.17, 15) is 13.2 Å². The number of aryl methyl sites for hydroxylation is 1. The maximum Gasteiger partial charge on any atom is 0.232 e. The van der Waals surface area contributed by atoms with Crippen LogP contribution in [0.2, 0.25) is 0 Å². The average Bonchev–Trinajstić information content (AvgIpc) is 2.39. The van der Waals surface area contributed by atoms with E-state index in [4.69, 9.17) is 0 Å². The molecule has 0 bridgehead atoms. The van der Waals surface area contributed by atoms with Crippen molar-refractivity contribution in [3.8, 4) is 0 Å². The molecule has 6 heteroatoms. The van der Waals surface area contributed by atoms with E-state index in [1.165, 1.54) is 4.31 Å². The van der Waals surface area contributed by atoms with Gasteiger partial charge >= 0.3 is 0 Å². The van der Waals surface area contributed by atoms with Crippen LogP contribution in [0.5, 0.6) is 0 Å². The molecule has 0 N–H and O–H groups in total. The van der Waals surface area contributed by atoms with Gasteiger partial charge < -0.3 is 4.90 Å². The molecule has 0 spiro atoms. The summed E-state index contributed by atoms with van der Waals surface area (Å²) in [5, 5.41) is 0. The number of amides is 1. The van der Waals surface area contributed by atoms with Gasteiger partial charge in [0.05, 0.1) is 11.9 Å². The Morgan fingerprint density at radius 2 is 1.81 bits per heavy atom. The summed E-state index contributed by atoms with van der Waals surface area (Å²) in [5.41, 5.74) is 1.58. The average molecular weight is 312 g/mol. The van der Waals surface area contributed by atoms with E-state index in [2.05, 4.69) is 0 Å². The highest BCUT2D eigenvalue weighted by Gasteiger charge is 2.20. The van der Waals surface area contributed by atoms with Gasteiger partial charge in [-0.3, -0.25) is 9.10 Å². The van der Waals surface area contributed by atoms with Gasteiger partial charge in [-0.1, -0.05) is 12.1 Å². The molecule has 1 aromatic rings. The van der Waals surface area contributed by atoms with Gasteiger partial charge in [-0.25, -0.2) is 8.42 Å². The molecule has 0 atom stereocenters. The summed E-state index contributed by atoms with van der Waals surface area (Å²) in [6.45, 7) is 7.17. The molecule has 0 aromatic heterocycles. The predicted octanol–water partition coefficient (Wildman–Crippen LogP) is 2.02. The minimum atomic E-state index is -3.41. The third-order valence-corrected chi connectivity index (χ3v) is 4.53. The van der Waals surface area contributed by atoms with Crippen molar-refractivity contribution < 1.29 is 13.2 Å². The Morgan fingerprint density at radius 1 is 1.19 bits per heavy atom. The van der Waals surface area contributed by atoms with Crippen molar-refractivity contribution in [1.29, 1.82) is 0 Å². The molecular formula is C15H24N2O3S. The van der Waals surface area contributed by atoms with Crippen molar-refractivity contribution in [2.75, 3.05) is 30.2 Å². The molecule has 0 unspecified atom stereocenters.